The summed E-state index contributed by atoms with van der Waals surface area (Å²) in [4.78, 5) is 13.4. The van der Waals surface area contributed by atoms with Gasteiger partial charge in [0.25, 0.3) is 0 Å². The van der Waals surface area contributed by atoms with E-state index in [4.69, 9.17) is 16.2 Å². The second-order valence-electron chi connectivity index (χ2n) is 4.06. The van der Waals surface area contributed by atoms with Gasteiger partial charge in [-0.2, -0.15) is 0 Å². The first-order valence-electron chi connectivity index (χ1n) is 5.46. The average Bonchev–Trinajstić information content (AvgIpc) is 2.21. The minimum absolute atomic E-state index is 0.0228. The molecule has 1 aliphatic heterocycles. The van der Waals surface area contributed by atoms with Crippen LogP contribution < -0.4 is 11.5 Å². The number of primary amides is 1. The molecule has 1 amide bonds. The molecule has 5 nitrogen and oxygen atoms in total. The lowest BCUT2D eigenvalue weighted by Crippen LogP contribution is -2.57. The number of nitrogens with zero attached hydrogens (tertiary/aromatic N) is 1. The molecule has 0 radical (unpaired) electrons. The normalized spacial score (nSPS) is 30.1. The zero-order valence-corrected chi connectivity index (χ0v) is 9.48. The first-order valence-corrected chi connectivity index (χ1v) is 5.46. The van der Waals surface area contributed by atoms with Gasteiger partial charge in [-0.25, -0.2) is 0 Å². The maximum Gasteiger partial charge on any atom is 0.234 e. The standard InChI is InChI=1S/C10H21N3O2/c1-3-9(10(12)14)13-5-8(4-11)15-6-7(13)2/h7-9H,3-6,11H2,1-2H3,(H2,12,14). The summed E-state index contributed by atoms with van der Waals surface area (Å²) >= 11 is 0. The summed E-state index contributed by atoms with van der Waals surface area (Å²) < 4.78 is 5.53. The van der Waals surface area contributed by atoms with Gasteiger partial charge >= 0.3 is 0 Å². The summed E-state index contributed by atoms with van der Waals surface area (Å²) in [5.41, 5.74) is 10.9. The van der Waals surface area contributed by atoms with Gasteiger partial charge in [0.05, 0.1) is 18.8 Å². The van der Waals surface area contributed by atoms with Gasteiger partial charge in [-0.05, 0) is 13.3 Å². The third-order valence-corrected chi connectivity index (χ3v) is 2.93. The minimum atomic E-state index is -0.262. The Kier molecular flexibility index (Phi) is 4.50. The van der Waals surface area contributed by atoms with Gasteiger partial charge in [0.1, 0.15) is 0 Å². The molecule has 0 aromatic heterocycles. The molecule has 1 heterocycles. The Hall–Kier alpha value is -0.650. The summed E-state index contributed by atoms with van der Waals surface area (Å²) in [6.07, 6.45) is 0.756. The number of rotatable bonds is 4. The molecule has 3 atom stereocenters. The SMILES string of the molecule is CCC(C(N)=O)N1CC(CN)OCC1C. The van der Waals surface area contributed by atoms with E-state index in [1.54, 1.807) is 0 Å². The maximum atomic E-state index is 11.3. The van der Waals surface area contributed by atoms with Gasteiger partial charge in [-0.3, -0.25) is 9.69 Å². The van der Waals surface area contributed by atoms with Crippen LogP contribution in [0.1, 0.15) is 20.3 Å². The predicted molar refractivity (Wildman–Crippen MR) is 58.2 cm³/mol. The van der Waals surface area contributed by atoms with Crippen molar-refractivity contribution in [3.63, 3.8) is 0 Å². The topological polar surface area (TPSA) is 81.6 Å². The molecule has 1 aliphatic rings. The van der Waals surface area contributed by atoms with Crippen LogP contribution in [0.15, 0.2) is 0 Å². The molecule has 0 saturated carbocycles. The maximum absolute atomic E-state index is 11.3. The molecular formula is C10H21N3O2. The lowest BCUT2D eigenvalue weighted by atomic mass is 10.1. The van der Waals surface area contributed by atoms with Crippen molar-refractivity contribution in [1.82, 2.24) is 4.90 Å². The zero-order chi connectivity index (χ0) is 11.4. The first-order chi connectivity index (χ1) is 7.10. The van der Waals surface area contributed by atoms with Crippen LogP contribution in [-0.4, -0.2) is 48.7 Å². The second kappa shape index (κ2) is 5.44. The zero-order valence-electron chi connectivity index (χ0n) is 9.48. The molecule has 0 spiro atoms. The largest absolute Gasteiger partial charge is 0.374 e. The monoisotopic (exact) mass is 215 g/mol. The lowest BCUT2D eigenvalue weighted by molar-refractivity contribution is -0.130. The summed E-state index contributed by atoms with van der Waals surface area (Å²) in [6.45, 7) is 5.80. The molecule has 88 valence electrons. The van der Waals surface area contributed by atoms with Crippen LogP contribution in [0.5, 0.6) is 0 Å². The van der Waals surface area contributed by atoms with Gasteiger partial charge in [-0.1, -0.05) is 6.92 Å². The Labute approximate surface area is 90.7 Å². The van der Waals surface area contributed by atoms with Crippen LogP contribution in [0.25, 0.3) is 0 Å². The van der Waals surface area contributed by atoms with Crippen LogP contribution in [0.2, 0.25) is 0 Å². The summed E-state index contributed by atoms with van der Waals surface area (Å²) in [7, 11) is 0. The number of nitrogens with two attached hydrogens (primary N) is 2. The Balaban J connectivity index is 2.67. The highest BCUT2D eigenvalue weighted by molar-refractivity contribution is 5.79. The summed E-state index contributed by atoms with van der Waals surface area (Å²) in [5.74, 6) is -0.262. The summed E-state index contributed by atoms with van der Waals surface area (Å²) in [5, 5.41) is 0. The molecule has 1 rings (SSSR count). The van der Waals surface area contributed by atoms with Gasteiger partial charge in [-0.15, -0.1) is 0 Å². The Morgan fingerprint density at radius 1 is 1.67 bits per heavy atom. The molecular weight excluding hydrogens is 194 g/mol. The van der Waals surface area contributed by atoms with Gasteiger partial charge in [0.15, 0.2) is 0 Å². The molecule has 3 unspecified atom stereocenters. The lowest BCUT2D eigenvalue weighted by Gasteiger charge is -2.41. The van der Waals surface area contributed by atoms with Crippen molar-refractivity contribution in [1.29, 1.82) is 0 Å². The van der Waals surface area contributed by atoms with Gasteiger partial charge < -0.3 is 16.2 Å². The van der Waals surface area contributed by atoms with E-state index in [1.807, 2.05) is 13.8 Å². The van der Waals surface area contributed by atoms with Crippen molar-refractivity contribution >= 4 is 5.91 Å². The van der Waals surface area contributed by atoms with E-state index < -0.39 is 0 Å². The van der Waals surface area contributed by atoms with E-state index in [0.717, 1.165) is 6.42 Å². The van der Waals surface area contributed by atoms with E-state index in [-0.39, 0.29) is 24.1 Å². The highest BCUT2D eigenvalue weighted by Crippen LogP contribution is 2.16. The van der Waals surface area contributed by atoms with Crippen LogP contribution >= 0.6 is 0 Å². The molecule has 0 bridgehead atoms. The number of hydrogen-bond donors (Lipinski definition) is 2. The van der Waals surface area contributed by atoms with Crippen molar-refractivity contribution in [3.8, 4) is 0 Å². The van der Waals surface area contributed by atoms with Crippen LogP contribution in [0, 0.1) is 0 Å². The number of hydrogen-bond acceptors (Lipinski definition) is 4. The molecule has 1 fully saturated rings. The number of morpholine rings is 1. The fourth-order valence-electron chi connectivity index (χ4n) is 2.01. The Morgan fingerprint density at radius 2 is 2.33 bits per heavy atom. The molecule has 4 N–H and O–H groups in total. The number of carbonyl (C=O) groups excluding carboxylic acids is 1. The molecule has 0 aromatic carbocycles. The van der Waals surface area contributed by atoms with Crippen LogP contribution in [-0.2, 0) is 9.53 Å². The minimum Gasteiger partial charge on any atom is -0.374 e. The van der Waals surface area contributed by atoms with Crippen molar-refractivity contribution < 1.29 is 9.53 Å². The van der Waals surface area contributed by atoms with Crippen molar-refractivity contribution in [3.05, 3.63) is 0 Å². The van der Waals surface area contributed by atoms with E-state index in [1.165, 1.54) is 0 Å². The van der Waals surface area contributed by atoms with Crippen molar-refractivity contribution in [2.75, 3.05) is 19.7 Å². The Bertz CT molecular complexity index is 223. The molecule has 0 aliphatic carbocycles. The molecule has 5 heteroatoms. The molecule has 0 aromatic rings. The fourth-order valence-corrected chi connectivity index (χ4v) is 2.01. The third kappa shape index (κ3) is 2.90. The van der Waals surface area contributed by atoms with E-state index in [0.29, 0.717) is 19.7 Å². The fraction of sp³-hybridized carbons (Fsp3) is 0.900. The van der Waals surface area contributed by atoms with Crippen molar-refractivity contribution in [2.45, 2.75) is 38.5 Å². The van der Waals surface area contributed by atoms with E-state index in [2.05, 4.69) is 4.90 Å². The number of ether oxygens (including phenoxy) is 1. The van der Waals surface area contributed by atoms with Crippen molar-refractivity contribution in [2.24, 2.45) is 11.5 Å². The highest BCUT2D eigenvalue weighted by Gasteiger charge is 2.32. The van der Waals surface area contributed by atoms with E-state index in [9.17, 15) is 4.79 Å². The smallest absolute Gasteiger partial charge is 0.234 e. The predicted octanol–water partition coefficient (Wildman–Crippen LogP) is -0.702. The number of amides is 1. The third-order valence-electron chi connectivity index (χ3n) is 2.93. The van der Waals surface area contributed by atoms with Crippen LogP contribution in [0.4, 0.5) is 0 Å². The first kappa shape index (κ1) is 12.4. The quantitative estimate of drug-likeness (QED) is 0.649. The second-order valence-corrected chi connectivity index (χ2v) is 4.06. The van der Waals surface area contributed by atoms with Gasteiger partial charge in [0.2, 0.25) is 5.91 Å². The van der Waals surface area contributed by atoms with Gasteiger partial charge in [0, 0.05) is 19.1 Å². The van der Waals surface area contributed by atoms with E-state index >= 15 is 0 Å². The molecule has 15 heavy (non-hydrogen) atoms. The molecule has 1 saturated heterocycles. The Morgan fingerprint density at radius 3 is 2.80 bits per heavy atom. The summed E-state index contributed by atoms with van der Waals surface area (Å²) in [6, 6.07) is 0.0307. The average molecular weight is 215 g/mol. The highest BCUT2D eigenvalue weighted by atomic mass is 16.5. The van der Waals surface area contributed by atoms with Crippen LogP contribution in [0.3, 0.4) is 0 Å². The number of carbonyl (C=O) groups is 1.